The zero-order valence-electron chi connectivity index (χ0n) is 25.1. The number of allylic oxidation sites excluding steroid dienone is 4. The summed E-state index contributed by atoms with van der Waals surface area (Å²) in [6.07, 6.45) is 6.55. The molecule has 2 aliphatic carbocycles. The van der Waals surface area contributed by atoms with Crippen LogP contribution in [0.2, 0.25) is 0 Å². The van der Waals surface area contributed by atoms with Crippen molar-refractivity contribution in [3.63, 3.8) is 0 Å². The molecule has 0 heterocycles. The molecule has 0 spiro atoms. The molecule has 3 aromatic rings. The first-order valence-corrected chi connectivity index (χ1v) is 15.2. The summed E-state index contributed by atoms with van der Waals surface area (Å²) in [5.74, 6) is 0.551. The molecular formula is C37H44Zr. The van der Waals surface area contributed by atoms with Gasteiger partial charge in [0.1, 0.15) is 0 Å². The van der Waals surface area contributed by atoms with Gasteiger partial charge in [0, 0.05) is 0 Å². The number of fused-ring (bicyclic) bond motifs is 3. The summed E-state index contributed by atoms with van der Waals surface area (Å²) in [5, 5.41) is 0. The number of hydrogen-bond acceptors (Lipinski definition) is 0. The Labute approximate surface area is 247 Å². The van der Waals surface area contributed by atoms with Crippen LogP contribution in [0.5, 0.6) is 0 Å². The van der Waals surface area contributed by atoms with Crippen molar-refractivity contribution < 1.29 is 24.2 Å². The molecule has 196 valence electrons. The molecule has 0 aliphatic heterocycles. The van der Waals surface area contributed by atoms with Gasteiger partial charge in [-0.3, -0.25) is 6.08 Å². The second kappa shape index (κ2) is 12.4. The number of aryl methyl sites for hydroxylation is 1. The van der Waals surface area contributed by atoms with Gasteiger partial charge >= 0.3 is 70.3 Å². The molecular weight excluding hydrogens is 536 g/mol. The summed E-state index contributed by atoms with van der Waals surface area (Å²) in [4.78, 5) is 0. The standard InChI is InChI=1S/C21H25.C8H11.C8H8.Zr/c1-20(2,3)16-7-9-18-14(12-16)11-15-13-17(21(4,5)6)8-10-19(15)18;1-6-4-7(2)8(3)5-6;1-7-3-5-8(2)6-4-7;/h7-10,12H,11H2,1-6H3;4,6H,1-3H3;1,3-6H,2H3;/q2*-1;;+2. The van der Waals surface area contributed by atoms with Gasteiger partial charge in [0.2, 0.25) is 0 Å². The van der Waals surface area contributed by atoms with Crippen LogP contribution in [0.25, 0.3) is 11.1 Å². The summed E-state index contributed by atoms with van der Waals surface area (Å²) < 4.78 is 2.19. The maximum absolute atomic E-state index is 3.67. The first-order valence-electron chi connectivity index (χ1n) is 13.7. The average molecular weight is 580 g/mol. The van der Waals surface area contributed by atoms with E-state index in [1.165, 1.54) is 79.9 Å². The molecule has 0 amide bonds. The minimum atomic E-state index is 0.167. The quantitative estimate of drug-likeness (QED) is 0.197. The van der Waals surface area contributed by atoms with Gasteiger partial charge in [-0.2, -0.15) is 29.8 Å². The van der Waals surface area contributed by atoms with E-state index in [1.807, 2.05) is 0 Å². The van der Waals surface area contributed by atoms with Crippen LogP contribution in [0.3, 0.4) is 0 Å². The zero-order valence-corrected chi connectivity index (χ0v) is 27.6. The summed E-state index contributed by atoms with van der Waals surface area (Å²) in [6, 6.07) is 23.7. The van der Waals surface area contributed by atoms with E-state index in [0.717, 1.165) is 6.42 Å². The van der Waals surface area contributed by atoms with Crippen LogP contribution in [0, 0.1) is 25.0 Å². The first-order chi connectivity index (χ1) is 17.7. The Morgan fingerprint density at radius 3 is 1.92 bits per heavy atom. The van der Waals surface area contributed by atoms with Crippen molar-refractivity contribution in [1.82, 2.24) is 0 Å². The molecule has 3 aromatic carbocycles. The van der Waals surface area contributed by atoms with Gasteiger partial charge < -0.3 is 0 Å². The van der Waals surface area contributed by atoms with E-state index in [1.54, 1.807) is 0 Å². The van der Waals surface area contributed by atoms with Gasteiger partial charge in [0.15, 0.2) is 0 Å². The molecule has 0 saturated carbocycles. The molecule has 5 rings (SSSR count). The first kappa shape index (κ1) is 30.4. The zero-order chi connectivity index (χ0) is 28.3. The molecule has 0 bridgehead atoms. The van der Waals surface area contributed by atoms with Crippen LogP contribution in [-0.4, -0.2) is 3.71 Å². The number of benzene rings is 3. The third-order valence-electron chi connectivity index (χ3n) is 7.24. The van der Waals surface area contributed by atoms with E-state index in [9.17, 15) is 0 Å². The molecule has 0 aromatic heterocycles. The van der Waals surface area contributed by atoms with E-state index in [-0.39, 0.29) is 10.8 Å². The summed E-state index contributed by atoms with van der Waals surface area (Å²) in [5.41, 5.74) is 14.1. The molecule has 1 unspecified atom stereocenters. The number of rotatable bonds is 1. The second-order valence-corrected chi connectivity index (χ2v) is 13.5. The monoisotopic (exact) mass is 578 g/mol. The predicted molar refractivity (Wildman–Crippen MR) is 163 cm³/mol. The molecule has 0 radical (unpaired) electrons. The fourth-order valence-corrected chi connectivity index (χ4v) is 5.16. The van der Waals surface area contributed by atoms with Gasteiger partial charge in [0.25, 0.3) is 0 Å². The topological polar surface area (TPSA) is 0 Å². The fourth-order valence-electron chi connectivity index (χ4n) is 4.69. The van der Waals surface area contributed by atoms with Crippen LogP contribution >= 0.6 is 0 Å². The normalized spacial score (nSPS) is 15.7. The fraction of sp³-hybridized carbons (Fsp3) is 0.378. The summed E-state index contributed by atoms with van der Waals surface area (Å²) >= 11 is 1.47. The van der Waals surface area contributed by atoms with Gasteiger partial charge in [-0.15, -0.1) is 18.1 Å². The van der Waals surface area contributed by atoms with E-state index >= 15 is 0 Å². The molecule has 1 atom stereocenters. The van der Waals surface area contributed by atoms with Crippen molar-refractivity contribution in [3.8, 4) is 11.1 Å². The van der Waals surface area contributed by atoms with Gasteiger partial charge in [-0.25, -0.2) is 11.1 Å². The Bertz CT molecular complexity index is 1260. The van der Waals surface area contributed by atoms with Crippen molar-refractivity contribution in [2.24, 2.45) is 5.92 Å². The SMILES string of the molecule is CC(C)(C)c1[c-]c2c(cc1)-c1ccc(C(C)(C)C)cc1C2.CC1=[C-]C(C)C=C1C.Cc1ccc([CH]=[Zr+2])cc1. The molecule has 2 aliphatic rings. The molecule has 0 saturated heterocycles. The van der Waals surface area contributed by atoms with Crippen molar-refractivity contribution in [3.05, 3.63) is 117 Å². The minimum absolute atomic E-state index is 0.167. The van der Waals surface area contributed by atoms with Crippen molar-refractivity contribution in [2.45, 2.75) is 86.5 Å². The Kier molecular flexibility index (Phi) is 9.92. The van der Waals surface area contributed by atoms with Crippen molar-refractivity contribution in [2.75, 3.05) is 0 Å². The van der Waals surface area contributed by atoms with E-state index < -0.39 is 0 Å². The Hall–Kier alpha value is -2.11. The molecule has 38 heavy (non-hydrogen) atoms. The summed E-state index contributed by atoms with van der Waals surface area (Å²) in [6.45, 7) is 22.1. The Balaban J connectivity index is 0.000000193. The Morgan fingerprint density at radius 2 is 1.45 bits per heavy atom. The molecule has 1 heteroatoms. The predicted octanol–water partition coefficient (Wildman–Crippen LogP) is 9.68. The van der Waals surface area contributed by atoms with Gasteiger partial charge in [0.05, 0.1) is 0 Å². The van der Waals surface area contributed by atoms with Crippen LogP contribution in [0.1, 0.15) is 95.7 Å². The van der Waals surface area contributed by atoms with Crippen molar-refractivity contribution in [1.29, 1.82) is 0 Å². The molecule has 0 fully saturated rings. The third kappa shape index (κ3) is 7.96. The van der Waals surface area contributed by atoms with E-state index in [4.69, 9.17) is 0 Å². The van der Waals surface area contributed by atoms with Gasteiger partial charge in [-0.05, 0) is 28.4 Å². The van der Waals surface area contributed by atoms with Crippen LogP contribution in [0.4, 0.5) is 0 Å². The third-order valence-corrected chi connectivity index (χ3v) is 8.06. The van der Waals surface area contributed by atoms with E-state index in [2.05, 4.69) is 146 Å². The van der Waals surface area contributed by atoms with Crippen LogP contribution in [-0.2, 0) is 41.5 Å². The molecule has 0 N–H and O–H groups in total. The maximum atomic E-state index is 3.67. The van der Waals surface area contributed by atoms with Crippen LogP contribution < -0.4 is 0 Å². The summed E-state index contributed by atoms with van der Waals surface area (Å²) in [7, 11) is 0. The number of hydrogen-bond donors (Lipinski definition) is 0. The molecule has 0 nitrogen and oxygen atoms in total. The average Bonchev–Trinajstić information content (AvgIpc) is 3.35. The van der Waals surface area contributed by atoms with E-state index in [0.29, 0.717) is 5.92 Å². The van der Waals surface area contributed by atoms with Crippen molar-refractivity contribution >= 4 is 3.71 Å². The Morgan fingerprint density at radius 1 is 0.816 bits per heavy atom. The van der Waals surface area contributed by atoms with Crippen LogP contribution in [0.15, 0.2) is 71.8 Å². The second-order valence-electron chi connectivity index (χ2n) is 12.8. The van der Waals surface area contributed by atoms with Gasteiger partial charge in [-0.1, -0.05) is 85.1 Å².